The normalized spacial score (nSPS) is 12.2. The first-order valence-electron chi connectivity index (χ1n) is 5.53. The smallest absolute Gasteiger partial charge is 0.282 e. The number of nitrogens with zero attached hydrogens (tertiary/aromatic N) is 1. The van der Waals surface area contributed by atoms with E-state index in [1.165, 1.54) is 24.3 Å². The summed E-state index contributed by atoms with van der Waals surface area (Å²) in [5, 5.41) is 8.93. The van der Waals surface area contributed by atoms with Gasteiger partial charge in [0.25, 0.3) is 20.2 Å². The van der Waals surface area contributed by atoms with Crippen LogP contribution in [-0.4, -0.2) is 28.0 Å². The van der Waals surface area contributed by atoms with Gasteiger partial charge in [-0.15, -0.1) is 0 Å². The van der Waals surface area contributed by atoms with Gasteiger partial charge in [-0.1, -0.05) is 30.3 Å². The van der Waals surface area contributed by atoms with Gasteiger partial charge in [-0.05, 0) is 11.5 Å². The minimum atomic E-state index is -4.78. The van der Waals surface area contributed by atoms with E-state index in [9.17, 15) is 21.4 Å². The molecule has 7 nitrogen and oxygen atoms in total. The second kappa shape index (κ2) is 5.42. The largest absolute Gasteiger partial charge is 0.299 e. The van der Waals surface area contributed by atoms with Gasteiger partial charge in [-0.2, -0.15) is 22.1 Å². The Bertz CT molecular complexity index is 941. The maximum Gasteiger partial charge on any atom is 0.299 e. The van der Waals surface area contributed by atoms with Crippen LogP contribution in [0.3, 0.4) is 0 Å². The number of hydrogen-bond donors (Lipinski definition) is 1. The first kappa shape index (κ1) is 15.4. The molecule has 21 heavy (non-hydrogen) atoms. The topological polar surface area (TPSA) is 122 Å². The summed E-state index contributed by atoms with van der Waals surface area (Å²) in [6, 6.07) is 9.93. The molecular weight excluding hydrogens is 318 g/mol. The lowest BCUT2D eigenvalue weighted by atomic mass is 10.1. The van der Waals surface area contributed by atoms with Crippen LogP contribution in [0.4, 0.5) is 0 Å². The lowest BCUT2D eigenvalue weighted by molar-refractivity contribution is 0.360. The van der Waals surface area contributed by atoms with E-state index in [0.29, 0.717) is 5.39 Å². The van der Waals surface area contributed by atoms with Crippen LogP contribution in [0.15, 0.2) is 46.2 Å². The zero-order chi connectivity index (χ0) is 15.7. The van der Waals surface area contributed by atoms with Crippen molar-refractivity contribution in [2.24, 2.45) is 0 Å². The summed E-state index contributed by atoms with van der Waals surface area (Å²) in [6.45, 7) is -0.767. The van der Waals surface area contributed by atoms with Crippen molar-refractivity contribution in [3.8, 4) is 6.07 Å². The summed E-state index contributed by atoms with van der Waals surface area (Å²) in [4.78, 5) is -1.47. The lowest BCUT2D eigenvalue weighted by Gasteiger charge is -2.10. The van der Waals surface area contributed by atoms with E-state index in [-0.39, 0.29) is 5.39 Å². The maximum absolute atomic E-state index is 12.1. The first-order chi connectivity index (χ1) is 9.77. The van der Waals surface area contributed by atoms with Crippen molar-refractivity contribution in [3.63, 3.8) is 0 Å². The molecule has 110 valence electrons. The number of hydrogen-bond acceptors (Lipinski definition) is 6. The van der Waals surface area contributed by atoms with Crippen molar-refractivity contribution in [2.45, 2.75) is 9.79 Å². The molecule has 0 aliphatic rings. The molecule has 0 aromatic heterocycles. The third-order valence-electron chi connectivity index (χ3n) is 2.65. The van der Waals surface area contributed by atoms with E-state index in [2.05, 4.69) is 4.18 Å². The van der Waals surface area contributed by atoms with Gasteiger partial charge in [0, 0.05) is 5.39 Å². The lowest BCUT2D eigenvalue weighted by Crippen LogP contribution is -2.13. The molecule has 0 aliphatic carbocycles. The molecule has 0 radical (unpaired) electrons. The van der Waals surface area contributed by atoms with Gasteiger partial charge in [0.1, 0.15) is 9.79 Å². The van der Waals surface area contributed by atoms with Gasteiger partial charge in [0.05, 0.1) is 6.07 Å². The fraction of sp³-hybridized carbons (Fsp3) is 0.0833. The molecule has 0 bridgehead atoms. The number of nitriles is 1. The summed E-state index contributed by atoms with van der Waals surface area (Å²) in [5.74, 6) is 0. The quantitative estimate of drug-likeness (QED) is 0.663. The van der Waals surface area contributed by atoms with E-state index >= 15 is 0 Å². The summed E-state index contributed by atoms with van der Waals surface area (Å²) in [5.41, 5.74) is 0. The fourth-order valence-corrected chi connectivity index (χ4v) is 4.15. The zero-order valence-electron chi connectivity index (χ0n) is 10.4. The van der Waals surface area contributed by atoms with Gasteiger partial charge >= 0.3 is 0 Å². The van der Waals surface area contributed by atoms with Crippen molar-refractivity contribution < 1.29 is 25.6 Å². The molecule has 0 amide bonds. The van der Waals surface area contributed by atoms with Crippen LogP contribution in [0.25, 0.3) is 10.8 Å². The predicted octanol–water partition coefficient (Wildman–Crippen LogP) is 1.32. The van der Waals surface area contributed by atoms with Crippen LogP contribution in [-0.2, 0) is 24.4 Å². The average Bonchev–Trinajstić information content (AvgIpc) is 2.43. The van der Waals surface area contributed by atoms with Gasteiger partial charge in [0.2, 0.25) is 0 Å². The third kappa shape index (κ3) is 3.03. The van der Waals surface area contributed by atoms with Crippen LogP contribution in [0.1, 0.15) is 0 Å². The monoisotopic (exact) mass is 327 g/mol. The van der Waals surface area contributed by atoms with Crippen LogP contribution >= 0.6 is 0 Å². The summed E-state index contributed by atoms with van der Waals surface area (Å²) in [7, 11) is -9.30. The highest BCUT2D eigenvalue weighted by Crippen LogP contribution is 2.31. The Hall–Kier alpha value is -1.99. The zero-order valence-corrected chi connectivity index (χ0v) is 12.1. The third-order valence-corrected chi connectivity index (χ3v) is 5.04. The molecule has 0 spiro atoms. The summed E-state index contributed by atoms with van der Waals surface area (Å²) in [6.07, 6.45) is 0. The first-order valence-corrected chi connectivity index (χ1v) is 8.38. The molecular formula is C12H9NO6S2. The Balaban J connectivity index is 2.90. The van der Waals surface area contributed by atoms with Crippen molar-refractivity contribution >= 4 is 31.0 Å². The Morgan fingerprint density at radius 3 is 2.38 bits per heavy atom. The minimum absolute atomic E-state index is 0.0746. The average molecular weight is 327 g/mol. The molecule has 0 heterocycles. The molecule has 2 aromatic rings. The van der Waals surface area contributed by atoms with Gasteiger partial charge in [-0.25, -0.2) is 0 Å². The van der Waals surface area contributed by atoms with E-state index < -0.39 is 36.6 Å². The minimum Gasteiger partial charge on any atom is -0.282 e. The maximum atomic E-state index is 12.1. The van der Waals surface area contributed by atoms with Crippen LogP contribution < -0.4 is 0 Å². The van der Waals surface area contributed by atoms with Crippen molar-refractivity contribution in [2.75, 3.05) is 6.61 Å². The van der Waals surface area contributed by atoms with Gasteiger partial charge < -0.3 is 0 Å². The second-order valence-corrected chi connectivity index (χ2v) is 6.91. The SMILES string of the molecule is N#CCOS(=O)(=O)c1c(S(=O)(=O)O)ccc2ccccc12. The fourth-order valence-electron chi connectivity index (χ4n) is 1.85. The van der Waals surface area contributed by atoms with E-state index in [1.807, 2.05) is 0 Å². The van der Waals surface area contributed by atoms with Gasteiger partial charge in [-0.3, -0.25) is 8.74 Å². The summed E-state index contributed by atoms with van der Waals surface area (Å²) >= 11 is 0. The van der Waals surface area contributed by atoms with E-state index in [0.717, 1.165) is 6.07 Å². The highest BCUT2D eigenvalue weighted by Gasteiger charge is 2.28. The molecule has 0 unspecified atom stereocenters. The highest BCUT2D eigenvalue weighted by molar-refractivity contribution is 7.89. The molecule has 0 atom stereocenters. The van der Waals surface area contributed by atoms with Crippen LogP contribution in [0.2, 0.25) is 0 Å². The summed E-state index contributed by atoms with van der Waals surface area (Å²) < 4.78 is 60.7. The highest BCUT2D eigenvalue weighted by atomic mass is 32.2. The number of fused-ring (bicyclic) bond motifs is 1. The van der Waals surface area contributed by atoms with E-state index in [1.54, 1.807) is 12.1 Å². The molecule has 2 rings (SSSR count). The standard InChI is InChI=1S/C12H9NO6S2/c13-7-8-19-21(17,18)12-10-4-2-1-3-9(10)5-6-11(12)20(14,15)16/h1-6H,8H2,(H,14,15,16). The molecule has 0 fully saturated rings. The van der Waals surface area contributed by atoms with Crippen molar-refractivity contribution in [3.05, 3.63) is 36.4 Å². The Labute approximate surface area is 121 Å². The van der Waals surface area contributed by atoms with Crippen LogP contribution in [0.5, 0.6) is 0 Å². The Morgan fingerprint density at radius 1 is 1.10 bits per heavy atom. The Morgan fingerprint density at radius 2 is 1.76 bits per heavy atom. The van der Waals surface area contributed by atoms with Crippen molar-refractivity contribution in [1.29, 1.82) is 5.26 Å². The molecule has 0 saturated carbocycles. The number of benzene rings is 2. The molecule has 0 aliphatic heterocycles. The Kier molecular flexibility index (Phi) is 3.97. The van der Waals surface area contributed by atoms with Crippen LogP contribution in [0, 0.1) is 11.3 Å². The molecule has 2 aromatic carbocycles. The molecule has 1 N–H and O–H groups in total. The van der Waals surface area contributed by atoms with Gasteiger partial charge in [0.15, 0.2) is 6.61 Å². The predicted molar refractivity (Wildman–Crippen MR) is 72.5 cm³/mol. The molecule has 0 saturated heterocycles. The van der Waals surface area contributed by atoms with Crippen molar-refractivity contribution in [1.82, 2.24) is 0 Å². The van der Waals surface area contributed by atoms with E-state index in [4.69, 9.17) is 5.26 Å². The molecule has 9 heteroatoms. The number of rotatable bonds is 4. The second-order valence-electron chi connectivity index (χ2n) is 3.96.